The number of amides is 2. The molecule has 0 bridgehead atoms. The van der Waals surface area contributed by atoms with Gasteiger partial charge in [0.2, 0.25) is 16.9 Å². The number of carbonyl (C=O) groups is 2. The molecule has 9 heteroatoms. The van der Waals surface area contributed by atoms with Gasteiger partial charge >= 0.3 is 0 Å². The topological polar surface area (TPSA) is 84.4 Å². The van der Waals surface area contributed by atoms with Gasteiger partial charge in [0.05, 0.1) is 13.5 Å². The van der Waals surface area contributed by atoms with Crippen molar-refractivity contribution in [2.24, 2.45) is 0 Å². The summed E-state index contributed by atoms with van der Waals surface area (Å²) in [5, 5.41) is 12.0. The molecule has 1 aromatic heterocycles. The molecule has 30 heavy (non-hydrogen) atoms. The van der Waals surface area contributed by atoms with Crippen LogP contribution in [-0.2, 0) is 16.0 Å². The van der Waals surface area contributed by atoms with E-state index in [1.54, 1.807) is 24.1 Å². The molecule has 2 heterocycles. The maximum Gasteiger partial charge on any atom is 0.230 e. The second kappa shape index (κ2) is 8.58. The van der Waals surface area contributed by atoms with E-state index in [4.69, 9.17) is 4.74 Å². The lowest BCUT2D eigenvalue weighted by atomic mass is 10.1. The summed E-state index contributed by atoms with van der Waals surface area (Å²) in [5.74, 6) is 0.0589. The predicted octanol–water partition coefficient (Wildman–Crippen LogP) is 3.39. The Morgan fingerprint density at radius 2 is 1.93 bits per heavy atom. The zero-order valence-electron chi connectivity index (χ0n) is 16.2. The summed E-state index contributed by atoms with van der Waals surface area (Å²) in [6.45, 7) is 0.503. The number of methoxy groups -OCH3 is 1. The van der Waals surface area contributed by atoms with Gasteiger partial charge in [0.25, 0.3) is 0 Å². The van der Waals surface area contributed by atoms with Gasteiger partial charge in [-0.2, -0.15) is 0 Å². The second-order valence-electron chi connectivity index (χ2n) is 6.90. The minimum atomic E-state index is -0.345. The largest absolute Gasteiger partial charge is 0.497 e. The van der Waals surface area contributed by atoms with Crippen LogP contribution in [-0.4, -0.2) is 35.7 Å². The molecule has 0 aliphatic carbocycles. The van der Waals surface area contributed by atoms with E-state index in [0.717, 1.165) is 11.4 Å². The highest BCUT2D eigenvalue weighted by atomic mass is 32.1. The summed E-state index contributed by atoms with van der Waals surface area (Å²) in [7, 11) is 1.59. The number of nitrogens with one attached hydrogen (secondary N) is 1. The van der Waals surface area contributed by atoms with Crippen LogP contribution < -0.4 is 15.0 Å². The Kier molecular flexibility index (Phi) is 5.71. The van der Waals surface area contributed by atoms with E-state index in [-0.39, 0.29) is 30.0 Å². The number of benzene rings is 2. The zero-order valence-corrected chi connectivity index (χ0v) is 17.0. The van der Waals surface area contributed by atoms with Crippen LogP contribution in [0.3, 0.4) is 0 Å². The smallest absolute Gasteiger partial charge is 0.230 e. The molecule has 2 aromatic carbocycles. The third-order valence-electron chi connectivity index (χ3n) is 4.82. The minimum absolute atomic E-state index is 0.0160. The third kappa shape index (κ3) is 4.46. The van der Waals surface area contributed by atoms with Crippen molar-refractivity contribution >= 4 is 34.0 Å². The normalized spacial score (nSPS) is 16.0. The van der Waals surface area contributed by atoms with Crippen LogP contribution >= 0.6 is 11.3 Å². The predicted molar refractivity (Wildman–Crippen MR) is 111 cm³/mol. The Labute approximate surface area is 176 Å². The molecule has 4 rings (SSSR count). The Hall–Kier alpha value is -3.33. The maximum atomic E-state index is 13.0. The molecule has 2 amide bonds. The van der Waals surface area contributed by atoms with Gasteiger partial charge in [-0.3, -0.25) is 9.59 Å². The van der Waals surface area contributed by atoms with Crippen molar-refractivity contribution in [2.45, 2.75) is 18.8 Å². The van der Waals surface area contributed by atoms with E-state index in [1.807, 2.05) is 24.3 Å². The number of rotatable bonds is 6. The van der Waals surface area contributed by atoms with Crippen LogP contribution in [0.5, 0.6) is 5.75 Å². The first-order valence-corrected chi connectivity index (χ1v) is 10.2. The molecule has 1 saturated heterocycles. The van der Waals surface area contributed by atoms with E-state index >= 15 is 0 Å². The Morgan fingerprint density at radius 1 is 1.20 bits per heavy atom. The first kappa shape index (κ1) is 20.0. The molecular weight excluding hydrogens is 407 g/mol. The van der Waals surface area contributed by atoms with E-state index < -0.39 is 0 Å². The van der Waals surface area contributed by atoms with Gasteiger partial charge in [0.15, 0.2) is 0 Å². The summed E-state index contributed by atoms with van der Waals surface area (Å²) in [6, 6.07) is 13.1. The number of aromatic nitrogens is 2. The van der Waals surface area contributed by atoms with Crippen LogP contribution in [0.1, 0.15) is 22.9 Å². The first-order valence-electron chi connectivity index (χ1n) is 9.34. The fraction of sp³-hybridized carbons (Fsp3) is 0.238. The van der Waals surface area contributed by atoms with Crippen LogP contribution in [0.4, 0.5) is 15.2 Å². The van der Waals surface area contributed by atoms with Gasteiger partial charge in [-0.1, -0.05) is 23.5 Å². The van der Waals surface area contributed by atoms with Gasteiger partial charge in [-0.15, -0.1) is 10.2 Å². The highest BCUT2D eigenvalue weighted by Crippen LogP contribution is 2.34. The van der Waals surface area contributed by atoms with Crippen molar-refractivity contribution in [3.8, 4) is 5.75 Å². The quantitative estimate of drug-likeness (QED) is 0.653. The Bertz CT molecular complexity index is 1050. The molecule has 0 spiro atoms. The number of hydrogen-bond donors (Lipinski definition) is 1. The minimum Gasteiger partial charge on any atom is -0.497 e. The fourth-order valence-corrected chi connectivity index (χ4v) is 4.14. The Morgan fingerprint density at radius 3 is 2.63 bits per heavy atom. The highest BCUT2D eigenvalue weighted by Gasteiger charge is 2.34. The number of anilines is 2. The molecule has 1 unspecified atom stereocenters. The summed E-state index contributed by atoms with van der Waals surface area (Å²) < 4.78 is 18.1. The first-order chi connectivity index (χ1) is 14.5. The molecule has 1 N–H and O–H groups in total. The summed E-state index contributed by atoms with van der Waals surface area (Å²) in [4.78, 5) is 26.4. The van der Waals surface area contributed by atoms with E-state index in [9.17, 15) is 14.0 Å². The lowest BCUT2D eigenvalue weighted by Crippen LogP contribution is -2.24. The summed E-state index contributed by atoms with van der Waals surface area (Å²) in [6.07, 6.45) is 0.451. The lowest BCUT2D eigenvalue weighted by molar-refractivity contribution is -0.117. The second-order valence-corrected chi connectivity index (χ2v) is 7.91. The SMILES string of the molecule is COc1ccc(N2CC(c3nnc(NC(=O)Cc4ccc(F)cc4)s3)CC2=O)cc1. The van der Waals surface area contributed by atoms with Crippen molar-refractivity contribution in [3.05, 3.63) is 64.9 Å². The molecule has 1 atom stereocenters. The summed E-state index contributed by atoms with van der Waals surface area (Å²) >= 11 is 1.26. The van der Waals surface area contributed by atoms with Crippen LogP contribution in [0.2, 0.25) is 0 Å². The maximum absolute atomic E-state index is 13.0. The van der Waals surface area contributed by atoms with Crippen LogP contribution in [0.15, 0.2) is 48.5 Å². The molecule has 0 radical (unpaired) electrons. The standard InChI is InChI=1S/C21H19FN4O3S/c1-29-17-8-6-16(7-9-17)26-12-14(11-19(26)28)20-24-25-21(30-20)23-18(27)10-13-2-4-15(22)5-3-13/h2-9,14H,10-12H2,1H3,(H,23,25,27). The number of nitrogens with zero attached hydrogens (tertiary/aromatic N) is 3. The van der Waals surface area contributed by atoms with Crippen molar-refractivity contribution < 1.29 is 18.7 Å². The van der Waals surface area contributed by atoms with Gasteiger partial charge < -0.3 is 15.0 Å². The van der Waals surface area contributed by atoms with Crippen molar-refractivity contribution in [3.63, 3.8) is 0 Å². The van der Waals surface area contributed by atoms with Gasteiger partial charge in [0, 0.05) is 24.6 Å². The van der Waals surface area contributed by atoms with Crippen molar-refractivity contribution in [2.75, 3.05) is 23.9 Å². The molecule has 3 aromatic rings. The number of ether oxygens (including phenoxy) is 1. The zero-order chi connectivity index (χ0) is 21.1. The average molecular weight is 426 g/mol. The molecule has 154 valence electrons. The number of hydrogen-bond acceptors (Lipinski definition) is 6. The highest BCUT2D eigenvalue weighted by molar-refractivity contribution is 7.15. The molecule has 0 saturated carbocycles. The van der Waals surface area contributed by atoms with Crippen molar-refractivity contribution in [1.82, 2.24) is 10.2 Å². The summed E-state index contributed by atoms with van der Waals surface area (Å²) in [5.41, 5.74) is 1.51. The molecule has 1 aliphatic heterocycles. The Balaban J connectivity index is 1.38. The molecule has 1 aliphatic rings. The van der Waals surface area contributed by atoms with E-state index in [1.165, 1.54) is 23.5 Å². The van der Waals surface area contributed by atoms with Crippen LogP contribution in [0.25, 0.3) is 0 Å². The van der Waals surface area contributed by atoms with Crippen molar-refractivity contribution in [1.29, 1.82) is 0 Å². The van der Waals surface area contributed by atoms with E-state index in [2.05, 4.69) is 15.5 Å². The third-order valence-corrected chi connectivity index (χ3v) is 5.82. The fourth-order valence-electron chi connectivity index (χ4n) is 3.29. The average Bonchev–Trinajstić information content (AvgIpc) is 3.36. The van der Waals surface area contributed by atoms with Gasteiger partial charge in [0.1, 0.15) is 16.6 Å². The van der Waals surface area contributed by atoms with Gasteiger partial charge in [-0.05, 0) is 42.0 Å². The molecule has 1 fully saturated rings. The van der Waals surface area contributed by atoms with Crippen LogP contribution in [0, 0.1) is 5.82 Å². The monoisotopic (exact) mass is 426 g/mol. The number of halogens is 1. The van der Waals surface area contributed by atoms with Gasteiger partial charge in [-0.25, -0.2) is 4.39 Å². The van der Waals surface area contributed by atoms with E-state index in [0.29, 0.717) is 28.7 Å². The molecule has 7 nitrogen and oxygen atoms in total. The lowest BCUT2D eigenvalue weighted by Gasteiger charge is -2.16. The molecular formula is C21H19FN4O3S. The number of carbonyl (C=O) groups excluding carboxylic acids is 2.